The Bertz CT molecular complexity index is 761. The molecule has 0 amide bonds. The first-order valence-corrected chi connectivity index (χ1v) is 8.36. The highest BCUT2D eigenvalue weighted by molar-refractivity contribution is 6.05. The molecule has 0 radical (unpaired) electrons. The van der Waals surface area contributed by atoms with Gasteiger partial charge in [-0.2, -0.15) is 13.2 Å². The van der Waals surface area contributed by atoms with Crippen molar-refractivity contribution in [2.24, 2.45) is 0 Å². The van der Waals surface area contributed by atoms with Crippen molar-refractivity contribution in [2.75, 3.05) is 13.7 Å². The van der Waals surface area contributed by atoms with Crippen molar-refractivity contribution in [1.82, 2.24) is 4.90 Å². The first kappa shape index (κ1) is 21.0. The fraction of sp³-hybridized carbons (Fsp3) is 0.474. The summed E-state index contributed by atoms with van der Waals surface area (Å²) in [6, 6.07) is 3.11. The van der Waals surface area contributed by atoms with Gasteiger partial charge in [0.15, 0.2) is 0 Å². The molecule has 1 aromatic rings. The second-order valence-electron chi connectivity index (χ2n) is 7.31. The topological polar surface area (TPSA) is 66.8 Å². The number of carbonyl (C=O) groups is 2. The lowest BCUT2D eigenvalue weighted by Crippen LogP contribution is -2.56. The zero-order valence-electron chi connectivity index (χ0n) is 15.6. The second-order valence-corrected chi connectivity index (χ2v) is 7.31. The number of halogens is 3. The molecule has 0 fully saturated rings. The third-order valence-electron chi connectivity index (χ3n) is 4.57. The minimum atomic E-state index is -4.47. The van der Waals surface area contributed by atoms with Crippen molar-refractivity contribution in [3.63, 3.8) is 0 Å². The Morgan fingerprint density at radius 1 is 1.15 bits per heavy atom. The summed E-state index contributed by atoms with van der Waals surface area (Å²) in [5, 5.41) is 9.77. The molecule has 0 aromatic heterocycles. The van der Waals surface area contributed by atoms with Gasteiger partial charge in [-0.15, -0.1) is 0 Å². The lowest BCUT2D eigenvalue weighted by Gasteiger charge is -2.43. The van der Waals surface area contributed by atoms with Gasteiger partial charge in [0, 0.05) is 12.1 Å². The number of carboxylic acid groups (broad SMARTS) is 1. The predicted octanol–water partition coefficient (Wildman–Crippen LogP) is 3.59. The molecule has 1 heterocycles. The van der Waals surface area contributed by atoms with E-state index >= 15 is 0 Å². The van der Waals surface area contributed by atoms with Gasteiger partial charge in [-0.1, -0.05) is 12.1 Å². The van der Waals surface area contributed by atoms with Gasteiger partial charge in [-0.3, -0.25) is 9.69 Å². The Morgan fingerprint density at radius 3 is 2.11 bits per heavy atom. The van der Waals surface area contributed by atoms with E-state index in [9.17, 15) is 27.9 Å². The molecular weight excluding hydrogens is 363 g/mol. The van der Waals surface area contributed by atoms with Crippen LogP contribution in [0.25, 0.3) is 5.57 Å². The van der Waals surface area contributed by atoms with Gasteiger partial charge in [0.1, 0.15) is 6.04 Å². The zero-order chi connectivity index (χ0) is 20.6. The van der Waals surface area contributed by atoms with Gasteiger partial charge >= 0.3 is 18.1 Å². The molecule has 2 rings (SSSR count). The van der Waals surface area contributed by atoms with Crippen LogP contribution in [0.5, 0.6) is 0 Å². The first-order valence-electron chi connectivity index (χ1n) is 8.36. The predicted molar refractivity (Wildman–Crippen MR) is 92.9 cm³/mol. The third-order valence-corrected chi connectivity index (χ3v) is 4.57. The molecule has 27 heavy (non-hydrogen) atoms. The van der Waals surface area contributed by atoms with Gasteiger partial charge < -0.3 is 9.84 Å². The maximum absolute atomic E-state index is 12.8. The van der Waals surface area contributed by atoms with Crippen LogP contribution in [-0.2, 0) is 20.5 Å². The normalized spacial score (nSPS) is 19.1. The summed E-state index contributed by atoms with van der Waals surface area (Å²) in [4.78, 5) is 26.1. The van der Waals surface area contributed by atoms with Gasteiger partial charge in [0.25, 0.3) is 0 Å². The van der Waals surface area contributed by atoms with Crippen LogP contribution < -0.4 is 0 Å². The minimum absolute atomic E-state index is 0.0501. The highest BCUT2D eigenvalue weighted by Crippen LogP contribution is 2.37. The van der Waals surface area contributed by atoms with Crippen LogP contribution in [0.2, 0.25) is 0 Å². The Balaban J connectivity index is 2.62. The van der Waals surface area contributed by atoms with Crippen molar-refractivity contribution in [3.8, 4) is 0 Å². The summed E-state index contributed by atoms with van der Waals surface area (Å²) in [5.74, 6) is -2.01. The molecule has 8 heteroatoms. The van der Waals surface area contributed by atoms with Crippen molar-refractivity contribution in [1.29, 1.82) is 0 Å². The quantitative estimate of drug-likeness (QED) is 0.806. The van der Waals surface area contributed by atoms with Crippen molar-refractivity contribution < 1.29 is 32.6 Å². The van der Waals surface area contributed by atoms with Crippen LogP contribution >= 0.6 is 0 Å². The minimum Gasteiger partial charge on any atom is -0.480 e. The van der Waals surface area contributed by atoms with Gasteiger partial charge in [0.05, 0.1) is 18.2 Å². The maximum Gasteiger partial charge on any atom is 0.416 e. The number of ether oxygens (including phenoxy) is 1. The summed E-state index contributed by atoms with van der Waals surface area (Å²) < 4.78 is 43.2. The molecule has 1 aromatic carbocycles. The maximum atomic E-state index is 12.8. The number of aliphatic carboxylic acids is 1. The highest BCUT2D eigenvalue weighted by Gasteiger charge is 2.43. The lowest BCUT2D eigenvalue weighted by molar-refractivity contribution is -0.148. The molecule has 0 spiro atoms. The van der Waals surface area contributed by atoms with E-state index in [0.29, 0.717) is 24.1 Å². The van der Waals surface area contributed by atoms with E-state index in [1.54, 1.807) is 4.90 Å². The van der Waals surface area contributed by atoms with E-state index in [0.717, 1.165) is 19.2 Å². The van der Waals surface area contributed by atoms with E-state index in [1.807, 2.05) is 20.8 Å². The number of hydrogen-bond acceptors (Lipinski definition) is 4. The largest absolute Gasteiger partial charge is 0.480 e. The summed E-state index contributed by atoms with van der Waals surface area (Å²) >= 11 is 0. The molecule has 1 aliphatic rings. The third kappa shape index (κ3) is 4.32. The summed E-state index contributed by atoms with van der Waals surface area (Å²) in [6.45, 7) is 5.85. The fourth-order valence-electron chi connectivity index (χ4n) is 3.30. The smallest absolute Gasteiger partial charge is 0.416 e. The highest BCUT2D eigenvalue weighted by atomic mass is 19.4. The number of esters is 1. The van der Waals surface area contributed by atoms with E-state index < -0.39 is 35.3 Å². The number of methoxy groups -OCH3 is 1. The number of carboxylic acids is 1. The molecule has 1 N–H and O–H groups in total. The Kier molecular flexibility index (Phi) is 5.70. The van der Waals surface area contributed by atoms with Crippen LogP contribution in [0.1, 0.15) is 38.3 Å². The van der Waals surface area contributed by atoms with E-state index in [1.165, 1.54) is 12.1 Å². The van der Waals surface area contributed by atoms with Crippen LogP contribution in [0.3, 0.4) is 0 Å². The van der Waals surface area contributed by atoms with Gasteiger partial charge in [-0.25, -0.2) is 4.79 Å². The molecule has 5 nitrogen and oxygen atoms in total. The number of benzene rings is 1. The summed E-state index contributed by atoms with van der Waals surface area (Å²) in [6.07, 6.45) is -4.16. The lowest BCUT2D eigenvalue weighted by atomic mass is 9.85. The second kappa shape index (κ2) is 7.34. The average Bonchev–Trinajstić information content (AvgIpc) is 2.58. The number of nitrogens with zero attached hydrogens (tertiary/aromatic N) is 1. The van der Waals surface area contributed by atoms with Crippen molar-refractivity contribution in [3.05, 3.63) is 41.0 Å². The van der Waals surface area contributed by atoms with Gasteiger partial charge in [-0.05, 0) is 50.5 Å². The van der Waals surface area contributed by atoms with Crippen LogP contribution in [0.4, 0.5) is 13.2 Å². The van der Waals surface area contributed by atoms with Crippen molar-refractivity contribution in [2.45, 2.75) is 44.9 Å². The summed E-state index contributed by atoms with van der Waals surface area (Å²) in [5.41, 5.74) is -0.625. The SMILES string of the molecule is COC(=O)C1=C(c2ccc(C(F)(F)F)cc2)CCN(C(C)(C)C)C1C(=O)O. The molecule has 1 atom stereocenters. The van der Waals surface area contributed by atoms with E-state index in [2.05, 4.69) is 0 Å². The average molecular weight is 385 g/mol. The number of rotatable bonds is 3. The first-order chi connectivity index (χ1) is 12.4. The Morgan fingerprint density at radius 2 is 1.70 bits per heavy atom. The number of carbonyl (C=O) groups excluding carboxylic acids is 1. The Labute approximate surface area is 155 Å². The molecule has 1 aliphatic heterocycles. The van der Waals surface area contributed by atoms with Gasteiger partial charge in [0.2, 0.25) is 0 Å². The molecule has 0 saturated heterocycles. The molecule has 148 valence electrons. The number of alkyl halides is 3. The summed E-state index contributed by atoms with van der Waals surface area (Å²) in [7, 11) is 1.15. The van der Waals surface area contributed by atoms with Crippen LogP contribution in [-0.4, -0.2) is 47.2 Å². The zero-order valence-corrected chi connectivity index (χ0v) is 15.6. The molecular formula is C19H22F3NO4. The molecule has 0 bridgehead atoms. The fourth-order valence-corrected chi connectivity index (χ4v) is 3.30. The van der Waals surface area contributed by atoms with E-state index in [-0.39, 0.29) is 5.57 Å². The molecule has 0 saturated carbocycles. The van der Waals surface area contributed by atoms with E-state index in [4.69, 9.17) is 4.74 Å². The molecule has 0 aliphatic carbocycles. The monoisotopic (exact) mass is 385 g/mol. The van der Waals surface area contributed by atoms with Crippen molar-refractivity contribution >= 4 is 17.5 Å². The Hall–Kier alpha value is -2.35. The van der Waals surface area contributed by atoms with Crippen LogP contribution in [0.15, 0.2) is 29.8 Å². The number of hydrogen-bond donors (Lipinski definition) is 1. The molecule has 1 unspecified atom stereocenters. The van der Waals surface area contributed by atoms with Crippen LogP contribution in [0, 0.1) is 0 Å². The standard InChI is InChI=1S/C19H22F3NO4/c1-18(2,3)23-10-9-13(14(17(26)27-4)15(23)16(24)25)11-5-7-12(8-6-11)19(20,21)22/h5-8,15H,9-10H2,1-4H3,(H,24,25).